The average Bonchev–Trinajstić information content (AvgIpc) is 3.03. The van der Waals surface area contributed by atoms with Crippen molar-refractivity contribution in [3.05, 3.63) is 71.3 Å². The van der Waals surface area contributed by atoms with Gasteiger partial charge in [0.05, 0.1) is 0 Å². The summed E-state index contributed by atoms with van der Waals surface area (Å²) in [6, 6.07) is 19.3. The van der Waals surface area contributed by atoms with Gasteiger partial charge < -0.3 is 5.32 Å². The zero-order valence-electron chi connectivity index (χ0n) is 15.2. The van der Waals surface area contributed by atoms with E-state index in [1.54, 1.807) is 0 Å². The van der Waals surface area contributed by atoms with Gasteiger partial charge in [-0.3, -0.25) is 9.69 Å². The summed E-state index contributed by atoms with van der Waals surface area (Å²) in [6.45, 7) is 3.75. The van der Waals surface area contributed by atoms with Gasteiger partial charge >= 0.3 is 0 Å². The third kappa shape index (κ3) is 4.70. The van der Waals surface area contributed by atoms with Gasteiger partial charge in [-0.05, 0) is 49.4 Å². The third-order valence-corrected chi connectivity index (χ3v) is 5.31. The van der Waals surface area contributed by atoms with Gasteiger partial charge in [0.2, 0.25) is 5.91 Å². The fourth-order valence-electron chi connectivity index (χ4n) is 3.60. The summed E-state index contributed by atoms with van der Waals surface area (Å²) in [5.74, 6) is 0.551. The molecule has 0 saturated heterocycles. The van der Waals surface area contributed by atoms with Crippen LogP contribution in [-0.4, -0.2) is 30.4 Å². The molecule has 0 aliphatic heterocycles. The number of carbonyl (C=O) groups excluding carboxylic acids is 1. The minimum Gasteiger partial charge on any atom is -0.355 e. The monoisotopic (exact) mass is 336 g/mol. The van der Waals surface area contributed by atoms with Gasteiger partial charge in [-0.2, -0.15) is 0 Å². The lowest BCUT2D eigenvalue weighted by atomic mass is 9.97. The van der Waals surface area contributed by atoms with Crippen LogP contribution in [0.4, 0.5) is 0 Å². The number of nitrogens with zero attached hydrogens (tertiary/aromatic N) is 1. The van der Waals surface area contributed by atoms with Gasteiger partial charge in [-0.25, -0.2) is 0 Å². The van der Waals surface area contributed by atoms with Crippen molar-refractivity contribution in [1.29, 1.82) is 0 Å². The van der Waals surface area contributed by atoms with E-state index in [9.17, 15) is 4.79 Å². The van der Waals surface area contributed by atoms with Crippen LogP contribution in [-0.2, 0) is 17.8 Å². The molecule has 3 nitrogen and oxygen atoms in total. The number of likely N-dealkylation sites (N-methyl/N-ethyl adjacent to an activating group) is 1. The second kappa shape index (κ2) is 8.30. The number of fused-ring (bicyclic) bond motifs is 1. The molecule has 2 unspecified atom stereocenters. The number of hydrogen-bond acceptors (Lipinski definition) is 2. The first-order valence-corrected chi connectivity index (χ1v) is 9.22. The summed E-state index contributed by atoms with van der Waals surface area (Å²) >= 11 is 0. The van der Waals surface area contributed by atoms with Crippen molar-refractivity contribution in [3.8, 4) is 0 Å². The maximum Gasteiger partial charge on any atom is 0.220 e. The second-order valence-corrected chi connectivity index (χ2v) is 7.19. The fraction of sp³-hybridized carbons (Fsp3) is 0.409. The van der Waals surface area contributed by atoms with Crippen molar-refractivity contribution in [2.24, 2.45) is 0 Å². The van der Waals surface area contributed by atoms with E-state index in [-0.39, 0.29) is 5.91 Å². The van der Waals surface area contributed by atoms with Crippen LogP contribution in [0, 0.1) is 0 Å². The molecule has 3 rings (SSSR count). The van der Waals surface area contributed by atoms with Gasteiger partial charge in [0.1, 0.15) is 0 Å². The minimum absolute atomic E-state index is 0.168. The molecule has 0 bridgehead atoms. The number of aryl methyl sites for hydroxylation is 1. The number of benzene rings is 2. The molecule has 0 radical (unpaired) electrons. The first-order valence-electron chi connectivity index (χ1n) is 9.22. The molecule has 1 amide bonds. The molecule has 25 heavy (non-hydrogen) atoms. The van der Waals surface area contributed by atoms with E-state index in [1.165, 1.54) is 16.7 Å². The predicted octanol–water partition coefficient (Wildman–Crippen LogP) is 3.74. The molecule has 2 aromatic carbocycles. The van der Waals surface area contributed by atoms with Crippen LogP contribution in [0.25, 0.3) is 0 Å². The van der Waals surface area contributed by atoms with Crippen LogP contribution in [0.2, 0.25) is 0 Å². The Hall–Kier alpha value is -2.13. The zero-order chi connectivity index (χ0) is 17.6. The second-order valence-electron chi connectivity index (χ2n) is 7.19. The highest BCUT2D eigenvalue weighted by Crippen LogP contribution is 2.34. The molecule has 0 saturated carbocycles. The summed E-state index contributed by atoms with van der Waals surface area (Å²) in [5.41, 5.74) is 4.08. The molecule has 3 heteroatoms. The Labute approximate surface area is 151 Å². The van der Waals surface area contributed by atoms with E-state index in [0.717, 1.165) is 19.4 Å². The van der Waals surface area contributed by atoms with Crippen molar-refractivity contribution in [2.45, 2.75) is 44.7 Å². The molecule has 0 aromatic heterocycles. The highest BCUT2D eigenvalue weighted by molar-refractivity contribution is 5.77. The van der Waals surface area contributed by atoms with Crippen LogP contribution < -0.4 is 5.32 Å². The fourth-order valence-corrected chi connectivity index (χ4v) is 3.60. The van der Waals surface area contributed by atoms with E-state index in [4.69, 9.17) is 0 Å². The van der Waals surface area contributed by atoms with Gasteiger partial charge in [0.15, 0.2) is 0 Å². The molecule has 2 aromatic rings. The van der Waals surface area contributed by atoms with E-state index in [0.29, 0.717) is 24.9 Å². The molecular formula is C22H28N2O. The summed E-state index contributed by atoms with van der Waals surface area (Å²) < 4.78 is 0. The molecule has 1 aliphatic rings. The lowest BCUT2D eigenvalue weighted by Crippen LogP contribution is -2.40. The Bertz CT molecular complexity index is 698. The third-order valence-electron chi connectivity index (χ3n) is 5.31. The summed E-state index contributed by atoms with van der Waals surface area (Å²) in [7, 11) is 2.11. The highest BCUT2D eigenvalue weighted by Gasteiger charge is 2.24. The molecule has 0 heterocycles. The van der Waals surface area contributed by atoms with Crippen molar-refractivity contribution < 1.29 is 4.79 Å². The number of hydrogen-bond donors (Lipinski definition) is 1. The van der Waals surface area contributed by atoms with E-state index < -0.39 is 0 Å². The van der Waals surface area contributed by atoms with E-state index in [1.807, 2.05) is 6.07 Å². The molecule has 1 N–H and O–H groups in total. The van der Waals surface area contributed by atoms with Crippen LogP contribution >= 0.6 is 0 Å². The standard InChI is InChI=1S/C22H28N2O/c1-17(24(2)16-18-8-4-3-5-9-18)15-23-22(25)14-20-13-12-19-10-6-7-11-21(19)20/h3-11,17,20H,12-16H2,1-2H3,(H,23,25). The Morgan fingerprint density at radius 3 is 2.68 bits per heavy atom. The number of amides is 1. The SMILES string of the molecule is CC(CNC(=O)CC1CCc2ccccc21)N(C)Cc1ccccc1. The largest absolute Gasteiger partial charge is 0.355 e. The minimum atomic E-state index is 0.168. The highest BCUT2D eigenvalue weighted by atomic mass is 16.1. The van der Waals surface area contributed by atoms with Gasteiger partial charge in [-0.1, -0.05) is 54.6 Å². The van der Waals surface area contributed by atoms with Crippen LogP contribution in [0.15, 0.2) is 54.6 Å². The van der Waals surface area contributed by atoms with Gasteiger partial charge in [0, 0.05) is 25.6 Å². The molecule has 2 atom stereocenters. The summed E-state index contributed by atoms with van der Waals surface area (Å²) in [5, 5.41) is 3.13. The first-order chi connectivity index (χ1) is 12.1. The van der Waals surface area contributed by atoms with Crippen LogP contribution in [0.1, 0.15) is 42.4 Å². The quantitative estimate of drug-likeness (QED) is 0.835. The maximum absolute atomic E-state index is 12.4. The summed E-state index contributed by atoms with van der Waals surface area (Å²) in [6.07, 6.45) is 2.80. The zero-order valence-corrected chi connectivity index (χ0v) is 15.2. The average molecular weight is 336 g/mol. The lowest BCUT2D eigenvalue weighted by molar-refractivity contribution is -0.121. The smallest absolute Gasteiger partial charge is 0.220 e. The van der Waals surface area contributed by atoms with Crippen LogP contribution in [0.5, 0.6) is 0 Å². The number of rotatable bonds is 7. The molecular weight excluding hydrogens is 308 g/mol. The van der Waals surface area contributed by atoms with Crippen molar-refractivity contribution in [3.63, 3.8) is 0 Å². The maximum atomic E-state index is 12.4. The molecule has 132 valence electrons. The number of nitrogens with one attached hydrogen (secondary N) is 1. The Kier molecular flexibility index (Phi) is 5.87. The first kappa shape index (κ1) is 17.7. The molecule has 1 aliphatic carbocycles. The van der Waals surface area contributed by atoms with E-state index in [2.05, 4.69) is 72.7 Å². The topological polar surface area (TPSA) is 32.3 Å². The normalized spacial score (nSPS) is 17.3. The van der Waals surface area contributed by atoms with Crippen molar-refractivity contribution >= 4 is 5.91 Å². The van der Waals surface area contributed by atoms with Crippen molar-refractivity contribution in [2.75, 3.05) is 13.6 Å². The van der Waals surface area contributed by atoms with E-state index >= 15 is 0 Å². The molecule has 0 spiro atoms. The van der Waals surface area contributed by atoms with Crippen LogP contribution in [0.3, 0.4) is 0 Å². The van der Waals surface area contributed by atoms with Crippen molar-refractivity contribution in [1.82, 2.24) is 10.2 Å². The van der Waals surface area contributed by atoms with Gasteiger partial charge in [-0.15, -0.1) is 0 Å². The predicted molar refractivity (Wildman–Crippen MR) is 103 cm³/mol. The molecule has 0 fully saturated rings. The summed E-state index contributed by atoms with van der Waals surface area (Å²) in [4.78, 5) is 14.6. The number of carbonyl (C=O) groups is 1. The Balaban J connectivity index is 1.44. The van der Waals surface area contributed by atoms with Gasteiger partial charge in [0.25, 0.3) is 0 Å². The lowest BCUT2D eigenvalue weighted by Gasteiger charge is -2.25. The Morgan fingerprint density at radius 1 is 1.16 bits per heavy atom. The Morgan fingerprint density at radius 2 is 1.88 bits per heavy atom.